The number of H-pyrrole nitrogens is 2. The molecule has 2 heterocycles. The largest absolute Gasteiger partial charge is 0.462 e. The Balaban J connectivity index is 2.25. The number of carbonyl (C=O) groups is 1. The molecule has 0 fully saturated rings. The highest BCUT2D eigenvalue weighted by atomic mass is 16.5. The van der Waals surface area contributed by atoms with Gasteiger partial charge in [0.2, 0.25) is 0 Å². The number of azo groups is 1. The van der Waals surface area contributed by atoms with Crippen molar-refractivity contribution < 1.29 is 9.53 Å². The van der Waals surface area contributed by atoms with E-state index in [4.69, 9.17) is 10.5 Å². The van der Waals surface area contributed by atoms with Crippen LogP contribution in [-0.4, -0.2) is 33.0 Å². The van der Waals surface area contributed by atoms with E-state index in [1.165, 1.54) is 6.20 Å². The minimum atomic E-state index is -0.512. The molecule has 0 aliphatic rings. The predicted molar refractivity (Wildman–Crippen MR) is 66.5 cm³/mol. The number of aromatic nitrogens is 4. The van der Waals surface area contributed by atoms with E-state index in [2.05, 4.69) is 30.6 Å². The molecule has 0 aliphatic heterocycles. The fourth-order valence-electron chi connectivity index (χ4n) is 1.38. The van der Waals surface area contributed by atoms with E-state index in [1.807, 2.05) is 0 Å². The highest BCUT2D eigenvalue weighted by molar-refractivity contribution is 5.93. The lowest BCUT2D eigenvalue weighted by molar-refractivity contribution is 0.0527. The second-order valence-electron chi connectivity index (χ2n) is 3.64. The molecule has 19 heavy (non-hydrogen) atoms. The lowest BCUT2D eigenvalue weighted by Crippen LogP contribution is -2.03. The van der Waals surface area contributed by atoms with E-state index >= 15 is 0 Å². The molecule has 2 aromatic rings. The Morgan fingerprint density at radius 1 is 1.47 bits per heavy atom. The summed E-state index contributed by atoms with van der Waals surface area (Å²) < 4.78 is 4.87. The third-order valence-electron chi connectivity index (χ3n) is 2.31. The number of rotatable bonds is 4. The number of hydrogen-bond acceptors (Lipinski definition) is 7. The van der Waals surface area contributed by atoms with E-state index in [0.717, 1.165) is 0 Å². The molecule has 0 unspecified atom stereocenters. The van der Waals surface area contributed by atoms with E-state index < -0.39 is 5.97 Å². The number of anilines is 1. The van der Waals surface area contributed by atoms with Gasteiger partial charge < -0.3 is 10.5 Å². The zero-order valence-electron chi connectivity index (χ0n) is 10.5. The van der Waals surface area contributed by atoms with Gasteiger partial charge in [0.05, 0.1) is 18.5 Å². The van der Waals surface area contributed by atoms with Gasteiger partial charge in [-0.05, 0) is 13.8 Å². The molecule has 100 valence electrons. The van der Waals surface area contributed by atoms with Gasteiger partial charge in [-0.25, -0.2) is 4.79 Å². The molecule has 0 radical (unpaired) electrons. The van der Waals surface area contributed by atoms with Gasteiger partial charge in [0.1, 0.15) is 5.56 Å². The summed E-state index contributed by atoms with van der Waals surface area (Å²) >= 11 is 0. The van der Waals surface area contributed by atoms with Crippen LogP contribution >= 0.6 is 0 Å². The van der Waals surface area contributed by atoms with Gasteiger partial charge in [-0.3, -0.25) is 10.2 Å². The first-order chi connectivity index (χ1) is 9.13. The summed E-state index contributed by atoms with van der Waals surface area (Å²) in [4.78, 5) is 11.6. The number of ether oxygens (including phenoxy) is 1. The SMILES string of the molecule is CCOC(=O)c1cn[nH]c1N=Nc1c(N)n[nH]c1C. The molecule has 2 aromatic heterocycles. The summed E-state index contributed by atoms with van der Waals surface area (Å²) in [6.07, 6.45) is 1.33. The van der Waals surface area contributed by atoms with Gasteiger partial charge in [-0.2, -0.15) is 10.2 Å². The minimum absolute atomic E-state index is 0.207. The van der Waals surface area contributed by atoms with Gasteiger partial charge in [0.15, 0.2) is 17.3 Å². The normalized spacial score (nSPS) is 11.1. The summed E-state index contributed by atoms with van der Waals surface area (Å²) in [5.74, 6) is -0.0704. The fraction of sp³-hybridized carbons (Fsp3) is 0.300. The van der Waals surface area contributed by atoms with Gasteiger partial charge in [0, 0.05) is 0 Å². The number of aromatic amines is 2. The second-order valence-corrected chi connectivity index (χ2v) is 3.64. The molecule has 0 saturated carbocycles. The van der Waals surface area contributed by atoms with Gasteiger partial charge in [-0.1, -0.05) is 0 Å². The van der Waals surface area contributed by atoms with Crippen LogP contribution in [0.5, 0.6) is 0 Å². The Morgan fingerprint density at radius 2 is 2.26 bits per heavy atom. The Kier molecular flexibility index (Phi) is 3.55. The Morgan fingerprint density at radius 3 is 2.89 bits per heavy atom. The maximum Gasteiger partial charge on any atom is 0.343 e. The van der Waals surface area contributed by atoms with Crippen molar-refractivity contribution in [2.45, 2.75) is 13.8 Å². The number of carbonyl (C=O) groups excluding carboxylic acids is 1. The Labute approximate surface area is 108 Å². The second kappa shape index (κ2) is 5.29. The zero-order valence-corrected chi connectivity index (χ0v) is 10.5. The molecule has 9 heteroatoms. The number of nitrogen functional groups attached to an aromatic ring is 1. The number of nitrogens with zero attached hydrogens (tertiary/aromatic N) is 4. The van der Waals surface area contributed by atoms with E-state index in [0.29, 0.717) is 11.4 Å². The van der Waals surface area contributed by atoms with Gasteiger partial charge in [-0.15, -0.1) is 10.2 Å². The molecular weight excluding hydrogens is 250 g/mol. The molecule has 0 aromatic carbocycles. The van der Waals surface area contributed by atoms with Crippen LogP contribution in [0.1, 0.15) is 23.0 Å². The molecular formula is C10H13N7O2. The Hall–Kier alpha value is -2.71. The first-order valence-corrected chi connectivity index (χ1v) is 5.56. The quantitative estimate of drug-likeness (QED) is 0.569. The summed E-state index contributed by atoms with van der Waals surface area (Å²) in [6, 6.07) is 0. The van der Waals surface area contributed by atoms with Gasteiger partial charge >= 0.3 is 5.97 Å². The minimum Gasteiger partial charge on any atom is -0.462 e. The van der Waals surface area contributed by atoms with Crippen LogP contribution in [0.15, 0.2) is 16.4 Å². The third kappa shape index (κ3) is 2.59. The Bertz CT molecular complexity index is 594. The maximum atomic E-state index is 11.6. The monoisotopic (exact) mass is 263 g/mol. The molecule has 0 amide bonds. The van der Waals surface area contributed by atoms with Crippen LogP contribution in [0.25, 0.3) is 0 Å². The number of nitrogens with two attached hydrogens (primary N) is 1. The van der Waals surface area contributed by atoms with Crippen LogP contribution < -0.4 is 5.73 Å². The summed E-state index contributed by atoms with van der Waals surface area (Å²) in [5, 5.41) is 20.6. The third-order valence-corrected chi connectivity index (χ3v) is 2.31. The highest BCUT2D eigenvalue weighted by Gasteiger charge is 2.15. The molecule has 0 spiro atoms. The van der Waals surface area contributed by atoms with Crippen LogP contribution in [0.2, 0.25) is 0 Å². The summed E-state index contributed by atoms with van der Waals surface area (Å²) in [5.41, 5.74) is 6.93. The maximum absolute atomic E-state index is 11.6. The number of aryl methyl sites for hydroxylation is 1. The smallest absolute Gasteiger partial charge is 0.343 e. The molecule has 0 saturated heterocycles. The number of nitrogens with one attached hydrogen (secondary N) is 2. The number of hydrogen-bond donors (Lipinski definition) is 3. The van der Waals surface area contributed by atoms with E-state index in [-0.39, 0.29) is 23.8 Å². The average Bonchev–Trinajstić information content (AvgIpc) is 2.96. The van der Waals surface area contributed by atoms with Crippen molar-refractivity contribution >= 4 is 23.3 Å². The first kappa shape index (κ1) is 12.7. The van der Waals surface area contributed by atoms with Crippen molar-refractivity contribution in [1.82, 2.24) is 20.4 Å². The summed E-state index contributed by atoms with van der Waals surface area (Å²) in [7, 11) is 0. The van der Waals surface area contributed by atoms with Crippen molar-refractivity contribution in [3.8, 4) is 0 Å². The predicted octanol–water partition coefficient (Wildman–Crippen LogP) is 1.62. The van der Waals surface area contributed by atoms with Gasteiger partial charge in [0.25, 0.3) is 0 Å². The van der Waals surface area contributed by atoms with Crippen molar-refractivity contribution in [2.24, 2.45) is 10.2 Å². The summed E-state index contributed by atoms with van der Waals surface area (Å²) in [6.45, 7) is 3.75. The molecule has 0 aliphatic carbocycles. The average molecular weight is 263 g/mol. The fourth-order valence-corrected chi connectivity index (χ4v) is 1.38. The molecule has 2 rings (SSSR count). The van der Waals surface area contributed by atoms with Crippen molar-refractivity contribution in [2.75, 3.05) is 12.3 Å². The zero-order chi connectivity index (χ0) is 13.8. The van der Waals surface area contributed by atoms with Crippen molar-refractivity contribution in [3.05, 3.63) is 17.5 Å². The lowest BCUT2D eigenvalue weighted by Gasteiger charge is -1.98. The topological polar surface area (TPSA) is 134 Å². The van der Waals surface area contributed by atoms with Crippen LogP contribution in [-0.2, 0) is 4.74 Å². The number of esters is 1. The van der Waals surface area contributed by atoms with Crippen molar-refractivity contribution in [3.63, 3.8) is 0 Å². The van der Waals surface area contributed by atoms with E-state index in [9.17, 15) is 4.79 Å². The first-order valence-electron chi connectivity index (χ1n) is 5.56. The van der Waals surface area contributed by atoms with Crippen LogP contribution in [0.4, 0.5) is 17.3 Å². The molecule has 0 atom stereocenters. The molecule has 4 N–H and O–H groups in total. The van der Waals surface area contributed by atoms with Crippen LogP contribution in [0.3, 0.4) is 0 Å². The van der Waals surface area contributed by atoms with Crippen molar-refractivity contribution in [1.29, 1.82) is 0 Å². The standard InChI is InChI=1S/C10H13N7O2/c1-3-19-10(18)6-4-12-16-9(6)17-14-7-5(2)13-15-8(7)11/h4H,3H2,1-2H3,(H,12,16)(H3,11,13,15). The molecule has 0 bridgehead atoms. The lowest BCUT2D eigenvalue weighted by atomic mass is 10.3. The molecule has 9 nitrogen and oxygen atoms in total. The van der Waals surface area contributed by atoms with Crippen LogP contribution in [0, 0.1) is 6.92 Å². The highest BCUT2D eigenvalue weighted by Crippen LogP contribution is 2.26. The van der Waals surface area contributed by atoms with E-state index in [1.54, 1.807) is 13.8 Å².